The van der Waals surface area contributed by atoms with Crippen LogP contribution in [0.4, 0.5) is 0 Å². The van der Waals surface area contributed by atoms with Crippen LogP contribution >= 0.6 is 0 Å². The minimum absolute atomic E-state index is 0.845. The average Bonchev–Trinajstić information content (AvgIpc) is 2.42. The van der Waals surface area contributed by atoms with Gasteiger partial charge >= 0.3 is 0 Å². The van der Waals surface area contributed by atoms with E-state index in [4.69, 9.17) is 0 Å². The van der Waals surface area contributed by atoms with Gasteiger partial charge in [-0.25, -0.2) is 0 Å². The van der Waals surface area contributed by atoms with Crippen LogP contribution in [-0.4, -0.2) is 49.1 Å². The molecular weight excluding hydrogens is 196 g/mol. The normalized spacial score (nSPS) is 17.2. The fourth-order valence-corrected chi connectivity index (χ4v) is 1.93. The number of piperidine rings is 1. The van der Waals surface area contributed by atoms with Gasteiger partial charge in [-0.2, -0.15) is 0 Å². The van der Waals surface area contributed by atoms with Gasteiger partial charge in [0.15, 0.2) is 0 Å². The number of nitrogens with zero attached hydrogens (tertiary/aromatic N) is 2. The van der Waals surface area contributed by atoms with Crippen LogP contribution in [-0.2, 0) is 0 Å². The molecule has 1 aliphatic heterocycles. The van der Waals surface area contributed by atoms with Crippen molar-refractivity contribution >= 4 is 0 Å². The monoisotopic (exact) mass is 230 g/mol. The maximum absolute atomic E-state index is 2.54. The smallest absolute Gasteiger partial charge is 0.0116 e. The zero-order valence-corrected chi connectivity index (χ0v) is 12.7. The Bertz CT molecular complexity index is 118. The minimum Gasteiger partial charge on any atom is -0.304 e. The molecular formula is C14H34N2. The average molecular weight is 230 g/mol. The van der Waals surface area contributed by atoms with Gasteiger partial charge in [0.1, 0.15) is 0 Å². The molecule has 1 aliphatic rings. The molecule has 0 saturated carbocycles. The highest BCUT2D eigenvalue weighted by Gasteiger charge is 2.19. The van der Waals surface area contributed by atoms with Crippen molar-refractivity contribution in [2.24, 2.45) is 0 Å². The molecule has 0 atom stereocenters. The summed E-state index contributed by atoms with van der Waals surface area (Å²) >= 11 is 0. The summed E-state index contributed by atoms with van der Waals surface area (Å²) in [4.78, 5) is 5.02. The molecule has 0 aromatic carbocycles. The molecule has 0 spiro atoms. The molecule has 16 heavy (non-hydrogen) atoms. The third kappa shape index (κ3) is 7.24. The Morgan fingerprint density at radius 3 is 1.75 bits per heavy atom. The summed E-state index contributed by atoms with van der Waals surface area (Å²) in [6.45, 7) is 17.5. The Morgan fingerprint density at radius 2 is 1.44 bits per heavy atom. The van der Waals surface area contributed by atoms with Gasteiger partial charge in [-0.15, -0.1) is 0 Å². The summed E-state index contributed by atoms with van der Waals surface area (Å²) in [5.74, 6) is 0. The zero-order chi connectivity index (χ0) is 13.0. The van der Waals surface area contributed by atoms with Crippen molar-refractivity contribution in [3.63, 3.8) is 0 Å². The topological polar surface area (TPSA) is 6.48 Å². The first-order chi connectivity index (χ1) is 7.77. The molecule has 1 fully saturated rings. The quantitative estimate of drug-likeness (QED) is 0.732. The molecule has 0 bridgehead atoms. The predicted molar refractivity (Wildman–Crippen MR) is 76.1 cm³/mol. The number of hydrogen-bond acceptors (Lipinski definition) is 2. The molecule has 0 aromatic rings. The van der Waals surface area contributed by atoms with E-state index in [9.17, 15) is 0 Å². The second-order valence-corrected chi connectivity index (χ2v) is 3.74. The fourth-order valence-electron chi connectivity index (χ4n) is 1.93. The molecule has 0 radical (unpaired) electrons. The first kappa shape index (κ1) is 18.3. The van der Waals surface area contributed by atoms with E-state index in [1.807, 2.05) is 27.7 Å². The van der Waals surface area contributed by atoms with E-state index >= 15 is 0 Å². The molecule has 1 saturated heterocycles. The Balaban J connectivity index is 0. The van der Waals surface area contributed by atoms with Gasteiger partial charge in [0.2, 0.25) is 0 Å². The summed E-state index contributed by atoms with van der Waals surface area (Å²) in [7, 11) is 2.24. The molecule has 0 N–H and O–H groups in total. The van der Waals surface area contributed by atoms with Gasteiger partial charge in [-0.1, -0.05) is 41.5 Å². The van der Waals surface area contributed by atoms with E-state index in [1.165, 1.54) is 39.0 Å². The van der Waals surface area contributed by atoms with Gasteiger partial charge in [0.25, 0.3) is 0 Å². The maximum Gasteiger partial charge on any atom is 0.0116 e. The lowest BCUT2D eigenvalue weighted by atomic mass is 10.0. The largest absolute Gasteiger partial charge is 0.304 e. The van der Waals surface area contributed by atoms with Crippen molar-refractivity contribution in [1.29, 1.82) is 0 Å². The van der Waals surface area contributed by atoms with Crippen LogP contribution in [0, 0.1) is 0 Å². The highest BCUT2D eigenvalue weighted by molar-refractivity contribution is 4.76. The Hall–Kier alpha value is -0.0800. The van der Waals surface area contributed by atoms with E-state index in [0.717, 1.165) is 6.04 Å². The van der Waals surface area contributed by atoms with Gasteiger partial charge in [0, 0.05) is 6.04 Å². The molecule has 2 heteroatoms. The third-order valence-electron chi connectivity index (χ3n) is 3.13. The van der Waals surface area contributed by atoms with Crippen molar-refractivity contribution in [2.45, 2.75) is 60.4 Å². The number of likely N-dealkylation sites (tertiary alicyclic amines) is 1. The lowest BCUT2D eigenvalue weighted by Crippen LogP contribution is -2.43. The summed E-state index contributed by atoms with van der Waals surface area (Å²) in [5.41, 5.74) is 0. The van der Waals surface area contributed by atoms with Crippen LogP contribution < -0.4 is 0 Å². The molecule has 1 heterocycles. The van der Waals surface area contributed by atoms with Crippen LogP contribution in [0.1, 0.15) is 54.4 Å². The fraction of sp³-hybridized carbons (Fsp3) is 1.00. The van der Waals surface area contributed by atoms with Crippen LogP contribution in [0.3, 0.4) is 0 Å². The molecule has 0 aliphatic carbocycles. The van der Waals surface area contributed by atoms with Crippen molar-refractivity contribution in [1.82, 2.24) is 9.80 Å². The summed E-state index contributed by atoms with van der Waals surface area (Å²) < 4.78 is 0. The van der Waals surface area contributed by atoms with Gasteiger partial charge in [-0.3, -0.25) is 0 Å². The van der Waals surface area contributed by atoms with Gasteiger partial charge in [0.05, 0.1) is 0 Å². The van der Waals surface area contributed by atoms with Gasteiger partial charge in [-0.05, 0) is 46.1 Å². The second-order valence-electron chi connectivity index (χ2n) is 3.74. The van der Waals surface area contributed by atoms with Gasteiger partial charge < -0.3 is 9.80 Å². The summed E-state index contributed by atoms with van der Waals surface area (Å²) in [6, 6.07) is 0.845. The number of hydrogen-bond donors (Lipinski definition) is 0. The van der Waals surface area contributed by atoms with Crippen molar-refractivity contribution in [3.8, 4) is 0 Å². The van der Waals surface area contributed by atoms with Crippen LogP contribution in [0.25, 0.3) is 0 Å². The predicted octanol–water partition coefficient (Wildman–Crippen LogP) is 3.47. The van der Waals surface area contributed by atoms with Crippen molar-refractivity contribution in [2.75, 3.05) is 33.2 Å². The Morgan fingerprint density at radius 1 is 1.00 bits per heavy atom. The second kappa shape index (κ2) is 13.0. The van der Waals surface area contributed by atoms with E-state index in [1.54, 1.807) is 0 Å². The van der Waals surface area contributed by atoms with E-state index < -0.39 is 0 Å². The van der Waals surface area contributed by atoms with E-state index in [-0.39, 0.29) is 0 Å². The van der Waals surface area contributed by atoms with Crippen molar-refractivity contribution < 1.29 is 0 Å². The first-order valence-corrected chi connectivity index (χ1v) is 7.20. The maximum atomic E-state index is 2.54. The standard InChI is InChI=1S/C10H22N2.2C2H6/c1-4-11(3)10-6-8-12(5-2)9-7-10;2*1-2/h10H,4-9H2,1-3H3;2*1-2H3. The Labute approximate surface area is 104 Å². The zero-order valence-electron chi connectivity index (χ0n) is 12.7. The van der Waals surface area contributed by atoms with E-state index in [0.29, 0.717) is 0 Å². The SMILES string of the molecule is CC.CC.CCN1CCC(N(C)CC)CC1. The highest BCUT2D eigenvalue weighted by Crippen LogP contribution is 2.14. The lowest BCUT2D eigenvalue weighted by molar-refractivity contribution is 0.136. The summed E-state index contributed by atoms with van der Waals surface area (Å²) in [6.07, 6.45) is 2.72. The summed E-state index contributed by atoms with van der Waals surface area (Å²) in [5, 5.41) is 0. The molecule has 0 aromatic heterocycles. The number of rotatable bonds is 3. The first-order valence-electron chi connectivity index (χ1n) is 7.20. The molecule has 100 valence electrons. The van der Waals surface area contributed by atoms with Crippen LogP contribution in [0.2, 0.25) is 0 Å². The molecule has 0 unspecified atom stereocenters. The lowest BCUT2D eigenvalue weighted by Gasteiger charge is -2.35. The van der Waals surface area contributed by atoms with Crippen LogP contribution in [0.15, 0.2) is 0 Å². The third-order valence-corrected chi connectivity index (χ3v) is 3.13. The molecule has 2 nitrogen and oxygen atoms in total. The molecule has 0 amide bonds. The van der Waals surface area contributed by atoms with Crippen molar-refractivity contribution in [3.05, 3.63) is 0 Å². The highest BCUT2D eigenvalue weighted by atomic mass is 15.2. The molecule has 1 rings (SSSR count). The Kier molecular flexibility index (Phi) is 14.8. The van der Waals surface area contributed by atoms with Crippen LogP contribution in [0.5, 0.6) is 0 Å². The van der Waals surface area contributed by atoms with E-state index in [2.05, 4.69) is 30.7 Å². The minimum atomic E-state index is 0.845.